The smallest absolute Gasteiger partial charge is 0.339 e. The SMILES string of the molecule is CCCC(=O)OCOC(=NNC(=O)Nc1cccc(F)c1)c1cccnc1C(C)=O. The summed E-state index contributed by atoms with van der Waals surface area (Å²) in [7, 11) is 0. The molecule has 10 heteroatoms. The second-order valence-electron chi connectivity index (χ2n) is 5.98. The number of urea groups is 1. The van der Waals surface area contributed by atoms with Crippen LogP contribution in [-0.2, 0) is 14.3 Å². The molecule has 9 nitrogen and oxygen atoms in total. The van der Waals surface area contributed by atoms with Crippen LogP contribution in [0.15, 0.2) is 47.7 Å². The molecule has 0 aliphatic rings. The van der Waals surface area contributed by atoms with E-state index in [0.717, 1.165) is 6.07 Å². The van der Waals surface area contributed by atoms with Gasteiger partial charge in [0.25, 0.3) is 0 Å². The lowest BCUT2D eigenvalue weighted by Crippen LogP contribution is -2.27. The molecule has 1 aromatic heterocycles. The highest BCUT2D eigenvalue weighted by Gasteiger charge is 2.17. The Morgan fingerprint density at radius 3 is 2.67 bits per heavy atom. The highest BCUT2D eigenvalue weighted by molar-refractivity contribution is 6.06. The number of halogens is 1. The Morgan fingerprint density at radius 1 is 1.17 bits per heavy atom. The van der Waals surface area contributed by atoms with Crippen molar-refractivity contribution in [2.75, 3.05) is 12.1 Å². The number of hydrogen-bond donors (Lipinski definition) is 2. The molecule has 0 spiro atoms. The number of pyridine rings is 1. The van der Waals surface area contributed by atoms with E-state index in [1.54, 1.807) is 6.07 Å². The molecule has 0 fully saturated rings. The largest absolute Gasteiger partial charge is 0.438 e. The minimum Gasteiger partial charge on any atom is -0.438 e. The van der Waals surface area contributed by atoms with Crippen molar-refractivity contribution in [3.05, 3.63) is 59.7 Å². The van der Waals surface area contributed by atoms with E-state index in [2.05, 4.69) is 20.8 Å². The zero-order valence-corrected chi connectivity index (χ0v) is 16.5. The van der Waals surface area contributed by atoms with Crippen LogP contribution in [0.2, 0.25) is 0 Å². The van der Waals surface area contributed by atoms with E-state index in [1.165, 1.54) is 37.4 Å². The summed E-state index contributed by atoms with van der Waals surface area (Å²) in [6.45, 7) is 2.66. The molecule has 0 bridgehead atoms. The molecule has 2 rings (SSSR count). The van der Waals surface area contributed by atoms with Gasteiger partial charge in [0.1, 0.15) is 11.5 Å². The molecule has 0 aliphatic carbocycles. The van der Waals surface area contributed by atoms with Crippen molar-refractivity contribution in [1.29, 1.82) is 0 Å². The fourth-order valence-electron chi connectivity index (χ4n) is 2.28. The van der Waals surface area contributed by atoms with E-state index in [9.17, 15) is 18.8 Å². The van der Waals surface area contributed by atoms with Crippen LogP contribution >= 0.6 is 0 Å². The summed E-state index contributed by atoms with van der Waals surface area (Å²) in [5.41, 5.74) is 2.66. The summed E-state index contributed by atoms with van der Waals surface area (Å²) < 4.78 is 23.5. The molecule has 0 saturated heterocycles. The van der Waals surface area contributed by atoms with Crippen molar-refractivity contribution in [3.63, 3.8) is 0 Å². The molecule has 2 aromatic rings. The number of hydrogen-bond acceptors (Lipinski definition) is 7. The van der Waals surface area contributed by atoms with E-state index in [4.69, 9.17) is 9.47 Å². The molecule has 0 aliphatic heterocycles. The maximum Gasteiger partial charge on any atom is 0.339 e. The van der Waals surface area contributed by atoms with Gasteiger partial charge in [-0.2, -0.15) is 0 Å². The number of aromatic nitrogens is 1. The Bertz CT molecular complexity index is 948. The van der Waals surface area contributed by atoms with Crippen LogP contribution in [0, 0.1) is 5.82 Å². The van der Waals surface area contributed by atoms with E-state index in [1.807, 2.05) is 6.92 Å². The van der Waals surface area contributed by atoms with Gasteiger partial charge in [0.05, 0.1) is 5.56 Å². The van der Waals surface area contributed by atoms with Crippen molar-refractivity contribution in [3.8, 4) is 0 Å². The molecule has 2 N–H and O–H groups in total. The topological polar surface area (TPSA) is 119 Å². The van der Waals surface area contributed by atoms with Crippen LogP contribution in [-0.4, -0.2) is 35.5 Å². The van der Waals surface area contributed by atoms with Crippen molar-refractivity contribution < 1.29 is 28.2 Å². The van der Waals surface area contributed by atoms with Gasteiger partial charge < -0.3 is 14.8 Å². The normalized spacial score (nSPS) is 10.8. The molecule has 0 radical (unpaired) electrons. The number of benzene rings is 1. The zero-order chi connectivity index (χ0) is 21.9. The predicted molar refractivity (Wildman–Crippen MR) is 106 cm³/mol. The summed E-state index contributed by atoms with van der Waals surface area (Å²) >= 11 is 0. The summed E-state index contributed by atoms with van der Waals surface area (Å²) in [6.07, 6.45) is 2.25. The minimum absolute atomic E-state index is 0.0588. The number of ether oxygens (including phenoxy) is 2. The highest BCUT2D eigenvalue weighted by atomic mass is 19.1. The fraction of sp³-hybridized carbons (Fsp3) is 0.250. The van der Waals surface area contributed by atoms with E-state index in [0.29, 0.717) is 6.42 Å². The quantitative estimate of drug-likeness (QED) is 0.170. The summed E-state index contributed by atoms with van der Waals surface area (Å²) in [6, 6.07) is 7.58. The molecule has 1 aromatic carbocycles. The first-order chi connectivity index (χ1) is 14.4. The van der Waals surface area contributed by atoms with Crippen molar-refractivity contribution in [2.45, 2.75) is 26.7 Å². The van der Waals surface area contributed by atoms with Gasteiger partial charge in [-0.15, -0.1) is 5.10 Å². The minimum atomic E-state index is -0.780. The van der Waals surface area contributed by atoms with Gasteiger partial charge in [0, 0.05) is 25.2 Å². The number of Topliss-reactive ketones (excluding diaryl/α,β-unsaturated/α-hetero) is 1. The summed E-state index contributed by atoms with van der Waals surface area (Å²) in [4.78, 5) is 39.4. The molecule has 0 saturated carbocycles. The number of amides is 2. The first kappa shape index (κ1) is 22.5. The number of nitrogens with one attached hydrogen (secondary N) is 2. The highest BCUT2D eigenvalue weighted by Crippen LogP contribution is 2.11. The Hall–Kier alpha value is -3.82. The average molecular weight is 416 g/mol. The number of hydrazone groups is 1. The number of carbonyl (C=O) groups is 3. The molecule has 30 heavy (non-hydrogen) atoms. The first-order valence-electron chi connectivity index (χ1n) is 9.05. The fourth-order valence-corrected chi connectivity index (χ4v) is 2.28. The second-order valence-corrected chi connectivity index (χ2v) is 5.98. The Kier molecular flexibility index (Phi) is 8.42. The number of nitrogens with zero attached hydrogens (tertiary/aromatic N) is 2. The lowest BCUT2D eigenvalue weighted by Gasteiger charge is -2.12. The standard InChI is InChI=1S/C20H21FN4O5/c1-3-6-17(27)29-12-30-19(16-9-5-10-22-18(16)13(2)26)24-25-20(28)23-15-8-4-7-14(21)11-15/h4-5,7-11H,3,6,12H2,1-2H3,(H2,23,25,28). The monoisotopic (exact) mass is 416 g/mol. The Morgan fingerprint density at radius 2 is 1.97 bits per heavy atom. The van der Waals surface area contributed by atoms with Crippen molar-refractivity contribution >= 4 is 29.4 Å². The van der Waals surface area contributed by atoms with Crippen LogP contribution in [0.5, 0.6) is 0 Å². The van der Waals surface area contributed by atoms with Gasteiger partial charge in [0.2, 0.25) is 12.7 Å². The third-order valence-electron chi connectivity index (χ3n) is 3.58. The van der Waals surface area contributed by atoms with Gasteiger partial charge >= 0.3 is 12.0 Å². The zero-order valence-electron chi connectivity index (χ0n) is 16.5. The lowest BCUT2D eigenvalue weighted by molar-refractivity contribution is -0.150. The van der Waals surface area contributed by atoms with Crippen molar-refractivity contribution in [2.24, 2.45) is 5.10 Å². The van der Waals surface area contributed by atoms with Gasteiger partial charge in [0.15, 0.2) is 5.78 Å². The third kappa shape index (κ3) is 6.97. The molecular weight excluding hydrogens is 395 g/mol. The number of anilines is 1. The Balaban J connectivity index is 2.16. The molecule has 0 unspecified atom stereocenters. The number of rotatable bonds is 8. The van der Waals surface area contributed by atoms with Crippen LogP contribution in [0.4, 0.5) is 14.9 Å². The number of carbonyl (C=O) groups excluding carboxylic acids is 3. The van der Waals surface area contributed by atoms with E-state index >= 15 is 0 Å². The number of esters is 1. The maximum atomic E-state index is 13.2. The maximum absolute atomic E-state index is 13.2. The summed E-state index contributed by atoms with van der Waals surface area (Å²) in [5, 5.41) is 6.25. The average Bonchev–Trinajstić information content (AvgIpc) is 2.70. The molecular formula is C20H21FN4O5. The van der Waals surface area contributed by atoms with Gasteiger partial charge in [-0.3, -0.25) is 14.6 Å². The van der Waals surface area contributed by atoms with Crippen LogP contribution in [0.3, 0.4) is 0 Å². The van der Waals surface area contributed by atoms with Gasteiger partial charge in [-0.05, 0) is 36.8 Å². The first-order valence-corrected chi connectivity index (χ1v) is 9.05. The van der Waals surface area contributed by atoms with Crippen LogP contribution < -0.4 is 10.7 Å². The summed E-state index contributed by atoms with van der Waals surface area (Å²) in [5.74, 6) is -1.52. The van der Waals surface area contributed by atoms with Gasteiger partial charge in [-0.25, -0.2) is 14.6 Å². The van der Waals surface area contributed by atoms with Gasteiger partial charge in [-0.1, -0.05) is 13.0 Å². The Labute approximate surface area is 172 Å². The molecule has 158 valence electrons. The van der Waals surface area contributed by atoms with E-state index < -0.39 is 24.6 Å². The third-order valence-corrected chi connectivity index (χ3v) is 3.58. The second kappa shape index (κ2) is 11.2. The lowest BCUT2D eigenvalue weighted by atomic mass is 10.1. The number of ketones is 1. The van der Waals surface area contributed by atoms with E-state index in [-0.39, 0.29) is 35.0 Å². The molecule has 1 heterocycles. The molecule has 0 atom stereocenters. The van der Waals surface area contributed by atoms with Crippen LogP contribution in [0.25, 0.3) is 0 Å². The predicted octanol–water partition coefficient (Wildman–Crippen LogP) is 3.22. The van der Waals surface area contributed by atoms with Crippen molar-refractivity contribution in [1.82, 2.24) is 10.4 Å². The van der Waals surface area contributed by atoms with Crippen LogP contribution in [0.1, 0.15) is 42.7 Å². The molecule has 2 amide bonds.